The van der Waals surface area contributed by atoms with Crippen LogP contribution in [0.4, 0.5) is 0 Å². The van der Waals surface area contributed by atoms with Gasteiger partial charge in [-0.05, 0) is 25.8 Å². The van der Waals surface area contributed by atoms with E-state index in [0.717, 1.165) is 25.8 Å². The van der Waals surface area contributed by atoms with Gasteiger partial charge in [-0.2, -0.15) is 4.98 Å². The highest BCUT2D eigenvalue weighted by atomic mass is 16.5. The lowest BCUT2D eigenvalue weighted by molar-refractivity contribution is -0.127. The van der Waals surface area contributed by atoms with Gasteiger partial charge in [0.2, 0.25) is 12.3 Å². The van der Waals surface area contributed by atoms with Crippen LogP contribution >= 0.6 is 0 Å². The van der Waals surface area contributed by atoms with Crippen LogP contribution in [-0.4, -0.2) is 34.7 Å². The van der Waals surface area contributed by atoms with Crippen LogP contribution in [0.3, 0.4) is 0 Å². The lowest BCUT2D eigenvalue weighted by Crippen LogP contribution is -2.53. The van der Waals surface area contributed by atoms with Gasteiger partial charge in [-0.1, -0.05) is 12.1 Å². The van der Waals surface area contributed by atoms with Crippen LogP contribution in [0.5, 0.6) is 0 Å². The summed E-state index contributed by atoms with van der Waals surface area (Å²) in [5.41, 5.74) is -0.364. The molecule has 2 rings (SSSR count). The minimum atomic E-state index is -0.364. The van der Waals surface area contributed by atoms with E-state index in [1.807, 2.05) is 6.92 Å². The second kappa shape index (κ2) is 5.27. The van der Waals surface area contributed by atoms with Gasteiger partial charge in [0.1, 0.15) is 0 Å². The largest absolute Gasteiger partial charge is 0.354 e. The van der Waals surface area contributed by atoms with Crippen molar-refractivity contribution in [2.45, 2.75) is 38.1 Å². The molecule has 1 unspecified atom stereocenters. The van der Waals surface area contributed by atoms with Gasteiger partial charge in [0.05, 0.1) is 5.54 Å². The number of aromatic nitrogens is 2. The number of rotatable bonds is 5. The molecular weight excluding hydrogens is 220 g/mol. The first-order chi connectivity index (χ1) is 8.27. The Kier molecular flexibility index (Phi) is 3.73. The molecule has 0 radical (unpaired) electrons. The molecule has 17 heavy (non-hydrogen) atoms. The van der Waals surface area contributed by atoms with Gasteiger partial charge in [-0.25, -0.2) is 0 Å². The van der Waals surface area contributed by atoms with Gasteiger partial charge in [0, 0.05) is 13.0 Å². The van der Waals surface area contributed by atoms with Gasteiger partial charge in [0.15, 0.2) is 5.82 Å². The van der Waals surface area contributed by atoms with Crippen molar-refractivity contribution >= 4 is 5.91 Å². The highest BCUT2D eigenvalue weighted by Crippen LogP contribution is 2.22. The summed E-state index contributed by atoms with van der Waals surface area (Å²) in [6.45, 7) is 3.50. The molecule has 0 saturated carbocycles. The summed E-state index contributed by atoms with van der Waals surface area (Å²) in [4.78, 5) is 16.0. The normalized spacial score (nSPS) is 23.8. The number of nitrogens with one attached hydrogen (secondary N) is 2. The highest BCUT2D eigenvalue weighted by Gasteiger charge is 2.38. The molecule has 0 bridgehead atoms. The molecule has 1 saturated heterocycles. The van der Waals surface area contributed by atoms with E-state index in [4.69, 9.17) is 0 Å². The number of amides is 1. The maximum absolute atomic E-state index is 12.1. The highest BCUT2D eigenvalue weighted by molar-refractivity contribution is 5.86. The molecule has 1 atom stereocenters. The van der Waals surface area contributed by atoms with E-state index in [2.05, 4.69) is 25.3 Å². The fraction of sp³-hybridized carbons (Fsp3) is 0.727. The Hall–Kier alpha value is -1.43. The molecule has 0 aromatic carbocycles. The smallest absolute Gasteiger partial charge is 0.240 e. The zero-order valence-corrected chi connectivity index (χ0v) is 10.0. The fourth-order valence-corrected chi connectivity index (χ4v) is 2.22. The molecule has 1 aliphatic rings. The maximum Gasteiger partial charge on any atom is 0.240 e. The Balaban J connectivity index is 1.80. The summed E-state index contributed by atoms with van der Waals surface area (Å²) in [7, 11) is 0. The zero-order chi connectivity index (χ0) is 12.1. The summed E-state index contributed by atoms with van der Waals surface area (Å²) >= 11 is 0. The lowest BCUT2D eigenvalue weighted by Gasteiger charge is -2.26. The second-order valence-corrected chi connectivity index (χ2v) is 4.32. The molecule has 6 nitrogen and oxygen atoms in total. The predicted octanol–water partition coefficient (Wildman–Crippen LogP) is 0.260. The van der Waals surface area contributed by atoms with Crippen molar-refractivity contribution in [3.05, 3.63) is 12.2 Å². The third kappa shape index (κ3) is 2.63. The summed E-state index contributed by atoms with van der Waals surface area (Å²) in [6.07, 6.45) is 4.69. The summed E-state index contributed by atoms with van der Waals surface area (Å²) < 4.78 is 4.63. The first kappa shape index (κ1) is 12.0. The topological polar surface area (TPSA) is 80.1 Å². The molecule has 0 aliphatic carbocycles. The average molecular weight is 238 g/mol. The predicted molar refractivity (Wildman–Crippen MR) is 61.3 cm³/mol. The second-order valence-electron chi connectivity index (χ2n) is 4.32. The Morgan fingerprint density at radius 2 is 2.59 bits per heavy atom. The third-order valence-electron chi connectivity index (χ3n) is 3.32. The van der Waals surface area contributed by atoms with Crippen molar-refractivity contribution < 1.29 is 9.32 Å². The first-order valence-corrected chi connectivity index (χ1v) is 6.05. The van der Waals surface area contributed by atoms with E-state index in [1.54, 1.807) is 0 Å². The molecule has 6 heteroatoms. The van der Waals surface area contributed by atoms with Gasteiger partial charge in [0.25, 0.3) is 0 Å². The van der Waals surface area contributed by atoms with Gasteiger partial charge < -0.3 is 15.2 Å². The van der Waals surface area contributed by atoms with Crippen molar-refractivity contribution in [2.75, 3.05) is 13.1 Å². The Morgan fingerprint density at radius 3 is 3.18 bits per heavy atom. The molecular formula is C11H18N4O2. The SMILES string of the molecule is CCC1(C(=O)NCCc2ncon2)CCCN1. The minimum absolute atomic E-state index is 0.0843. The van der Waals surface area contributed by atoms with Crippen LogP contribution in [0, 0.1) is 0 Å². The molecule has 1 amide bonds. The molecule has 94 valence electrons. The molecule has 1 fully saturated rings. The Bertz CT molecular complexity index is 358. The average Bonchev–Trinajstić information content (AvgIpc) is 3.00. The van der Waals surface area contributed by atoms with Gasteiger partial charge in [-0.3, -0.25) is 4.79 Å². The zero-order valence-electron chi connectivity index (χ0n) is 10.0. The third-order valence-corrected chi connectivity index (χ3v) is 3.32. The molecule has 2 N–H and O–H groups in total. The summed E-state index contributed by atoms with van der Waals surface area (Å²) in [5, 5.41) is 9.93. The quantitative estimate of drug-likeness (QED) is 0.769. The van der Waals surface area contributed by atoms with E-state index < -0.39 is 0 Å². The number of nitrogens with zero attached hydrogens (tertiary/aromatic N) is 2. The van der Waals surface area contributed by atoms with Crippen LogP contribution in [-0.2, 0) is 11.2 Å². The molecule has 2 heterocycles. The monoisotopic (exact) mass is 238 g/mol. The van der Waals surface area contributed by atoms with Crippen molar-refractivity contribution in [3.63, 3.8) is 0 Å². The summed E-state index contributed by atoms with van der Waals surface area (Å²) in [5.74, 6) is 0.705. The Labute approximate surface area is 100 Å². The van der Waals surface area contributed by atoms with E-state index in [0.29, 0.717) is 18.8 Å². The van der Waals surface area contributed by atoms with Crippen LogP contribution < -0.4 is 10.6 Å². The van der Waals surface area contributed by atoms with Crippen molar-refractivity contribution in [1.29, 1.82) is 0 Å². The van der Waals surface area contributed by atoms with E-state index in [-0.39, 0.29) is 11.4 Å². The molecule has 1 aliphatic heterocycles. The minimum Gasteiger partial charge on any atom is -0.354 e. The van der Waals surface area contributed by atoms with Crippen LogP contribution in [0.25, 0.3) is 0 Å². The van der Waals surface area contributed by atoms with Crippen molar-refractivity contribution in [3.8, 4) is 0 Å². The van der Waals surface area contributed by atoms with Gasteiger partial charge >= 0.3 is 0 Å². The lowest BCUT2D eigenvalue weighted by atomic mass is 9.93. The maximum atomic E-state index is 12.1. The molecule has 0 spiro atoms. The van der Waals surface area contributed by atoms with E-state index in [9.17, 15) is 4.79 Å². The molecule has 1 aromatic heterocycles. The number of carbonyl (C=O) groups excluding carboxylic acids is 1. The van der Waals surface area contributed by atoms with Gasteiger partial charge in [-0.15, -0.1) is 0 Å². The fourth-order valence-electron chi connectivity index (χ4n) is 2.22. The van der Waals surface area contributed by atoms with Crippen LogP contribution in [0.1, 0.15) is 32.0 Å². The standard InChI is InChI=1S/C11H18N4O2/c1-2-11(5-3-6-14-11)10(16)12-7-4-9-13-8-17-15-9/h8,14H,2-7H2,1H3,(H,12,16). The van der Waals surface area contributed by atoms with Crippen LogP contribution in [0.2, 0.25) is 0 Å². The number of carbonyl (C=O) groups is 1. The number of hydrogen-bond donors (Lipinski definition) is 2. The van der Waals surface area contributed by atoms with Crippen LogP contribution in [0.15, 0.2) is 10.9 Å². The first-order valence-electron chi connectivity index (χ1n) is 6.05. The number of hydrogen-bond acceptors (Lipinski definition) is 5. The van der Waals surface area contributed by atoms with Crippen molar-refractivity contribution in [2.24, 2.45) is 0 Å². The van der Waals surface area contributed by atoms with E-state index >= 15 is 0 Å². The van der Waals surface area contributed by atoms with Crippen molar-refractivity contribution in [1.82, 2.24) is 20.8 Å². The Morgan fingerprint density at radius 1 is 1.71 bits per heavy atom. The van der Waals surface area contributed by atoms with E-state index in [1.165, 1.54) is 6.39 Å². The molecule has 1 aromatic rings. The summed E-state index contributed by atoms with van der Waals surface area (Å²) in [6, 6.07) is 0.